The van der Waals surface area contributed by atoms with Crippen molar-refractivity contribution in [3.8, 4) is 0 Å². The van der Waals surface area contributed by atoms with Crippen molar-refractivity contribution < 1.29 is 4.74 Å². The lowest BCUT2D eigenvalue weighted by molar-refractivity contribution is 0.0742. The summed E-state index contributed by atoms with van der Waals surface area (Å²) in [6.45, 7) is 14.5. The largest absolute Gasteiger partial charge is 0.380 e. The van der Waals surface area contributed by atoms with E-state index >= 15 is 0 Å². The highest BCUT2D eigenvalue weighted by atomic mass is 16.5. The minimum absolute atomic E-state index is 0.336. The summed E-state index contributed by atoms with van der Waals surface area (Å²) >= 11 is 0. The molecule has 20 heavy (non-hydrogen) atoms. The Balaban J connectivity index is 1.75. The highest BCUT2D eigenvalue weighted by Crippen LogP contribution is 2.40. The Morgan fingerprint density at radius 1 is 1.25 bits per heavy atom. The molecule has 0 amide bonds. The quantitative estimate of drug-likeness (QED) is 0.727. The van der Waals surface area contributed by atoms with Crippen LogP contribution in [0.1, 0.15) is 53.4 Å². The monoisotopic (exact) mass is 282 g/mol. The second kappa shape index (κ2) is 7.24. The van der Waals surface area contributed by atoms with E-state index in [-0.39, 0.29) is 0 Å². The first-order chi connectivity index (χ1) is 9.51. The number of nitrogens with zero attached hydrogens (tertiary/aromatic N) is 1. The zero-order valence-corrected chi connectivity index (χ0v) is 14.0. The predicted octanol–water partition coefficient (Wildman–Crippen LogP) is 2.90. The first kappa shape index (κ1) is 16.3. The van der Waals surface area contributed by atoms with Crippen LogP contribution in [0, 0.1) is 11.8 Å². The van der Waals surface area contributed by atoms with E-state index in [2.05, 4.69) is 37.9 Å². The van der Waals surface area contributed by atoms with Gasteiger partial charge in [0.1, 0.15) is 0 Å². The van der Waals surface area contributed by atoms with E-state index in [1.165, 1.54) is 38.8 Å². The Kier molecular flexibility index (Phi) is 5.88. The Bertz CT molecular complexity index is 291. The van der Waals surface area contributed by atoms with Gasteiger partial charge in [0.15, 0.2) is 0 Å². The van der Waals surface area contributed by atoms with E-state index in [0.29, 0.717) is 11.6 Å². The van der Waals surface area contributed by atoms with Crippen LogP contribution in [0.3, 0.4) is 0 Å². The van der Waals surface area contributed by atoms with Crippen LogP contribution in [-0.4, -0.2) is 49.3 Å². The Hall–Kier alpha value is -0.120. The molecule has 2 aliphatic rings. The van der Waals surface area contributed by atoms with Crippen molar-refractivity contribution in [3.05, 3.63) is 0 Å². The van der Waals surface area contributed by atoms with E-state index < -0.39 is 0 Å². The van der Waals surface area contributed by atoms with Crippen LogP contribution in [0.2, 0.25) is 0 Å². The van der Waals surface area contributed by atoms with Crippen molar-refractivity contribution in [1.82, 2.24) is 10.2 Å². The van der Waals surface area contributed by atoms with Gasteiger partial charge in [-0.15, -0.1) is 0 Å². The topological polar surface area (TPSA) is 24.5 Å². The van der Waals surface area contributed by atoms with Crippen molar-refractivity contribution in [3.63, 3.8) is 0 Å². The maximum atomic E-state index is 5.82. The summed E-state index contributed by atoms with van der Waals surface area (Å²) in [5, 5.41) is 3.81. The molecule has 2 atom stereocenters. The fourth-order valence-electron chi connectivity index (χ4n) is 3.28. The standard InChI is InChI=1S/C17H34N2O/c1-14(2)8-11-20-12-10-19-13-17(4,16-5-6-16)18-9-7-15(19)3/h14-16,18H,5-13H2,1-4H3. The molecule has 1 aliphatic heterocycles. The van der Waals surface area contributed by atoms with E-state index in [9.17, 15) is 0 Å². The highest BCUT2D eigenvalue weighted by Gasteiger charge is 2.43. The van der Waals surface area contributed by atoms with Gasteiger partial charge in [-0.2, -0.15) is 0 Å². The van der Waals surface area contributed by atoms with Gasteiger partial charge in [0.05, 0.1) is 6.61 Å². The fraction of sp³-hybridized carbons (Fsp3) is 1.00. The van der Waals surface area contributed by atoms with Gasteiger partial charge in [-0.05, 0) is 57.9 Å². The first-order valence-corrected chi connectivity index (χ1v) is 8.58. The maximum Gasteiger partial charge on any atom is 0.0593 e. The average Bonchev–Trinajstić information content (AvgIpc) is 3.20. The van der Waals surface area contributed by atoms with Gasteiger partial charge in [-0.3, -0.25) is 4.90 Å². The summed E-state index contributed by atoms with van der Waals surface area (Å²) < 4.78 is 5.82. The van der Waals surface area contributed by atoms with Gasteiger partial charge < -0.3 is 10.1 Å². The van der Waals surface area contributed by atoms with Gasteiger partial charge in [0.2, 0.25) is 0 Å². The highest BCUT2D eigenvalue weighted by molar-refractivity contribution is 5.01. The number of ether oxygens (including phenoxy) is 1. The molecule has 1 aliphatic carbocycles. The molecule has 3 nitrogen and oxygen atoms in total. The van der Waals surface area contributed by atoms with Gasteiger partial charge in [-0.1, -0.05) is 13.8 Å². The second-order valence-corrected chi connectivity index (χ2v) is 7.52. The number of rotatable bonds is 7. The van der Waals surface area contributed by atoms with Crippen molar-refractivity contribution in [2.45, 2.75) is 65.0 Å². The molecule has 118 valence electrons. The Morgan fingerprint density at radius 3 is 2.65 bits per heavy atom. The predicted molar refractivity (Wildman–Crippen MR) is 85.1 cm³/mol. The summed E-state index contributed by atoms with van der Waals surface area (Å²) in [6.07, 6.45) is 5.26. The molecule has 1 saturated carbocycles. The van der Waals surface area contributed by atoms with E-state index in [1.54, 1.807) is 0 Å². The van der Waals surface area contributed by atoms with Crippen LogP contribution in [0.25, 0.3) is 0 Å². The third kappa shape index (κ3) is 4.71. The van der Waals surface area contributed by atoms with Gasteiger partial charge in [-0.25, -0.2) is 0 Å². The molecule has 0 aromatic rings. The van der Waals surface area contributed by atoms with Crippen LogP contribution in [0.4, 0.5) is 0 Å². The lowest BCUT2D eigenvalue weighted by Gasteiger charge is -2.35. The fourth-order valence-corrected chi connectivity index (χ4v) is 3.28. The van der Waals surface area contributed by atoms with Crippen LogP contribution in [0.5, 0.6) is 0 Å². The number of hydrogen-bond donors (Lipinski definition) is 1. The van der Waals surface area contributed by atoms with Crippen LogP contribution in [0.15, 0.2) is 0 Å². The zero-order valence-electron chi connectivity index (χ0n) is 14.0. The molecule has 0 bridgehead atoms. The summed E-state index contributed by atoms with van der Waals surface area (Å²) in [5.41, 5.74) is 0.336. The molecule has 1 N–H and O–H groups in total. The molecular formula is C17H34N2O. The summed E-state index contributed by atoms with van der Waals surface area (Å²) in [5.74, 6) is 1.65. The molecule has 1 heterocycles. The SMILES string of the molecule is CC(C)CCOCCN1CC(C)(C2CC2)NCCC1C. The summed E-state index contributed by atoms with van der Waals surface area (Å²) in [7, 11) is 0. The third-order valence-corrected chi connectivity index (χ3v) is 5.09. The normalized spacial score (nSPS) is 32.5. The number of nitrogens with one attached hydrogen (secondary N) is 1. The van der Waals surface area contributed by atoms with Crippen LogP contribution < -0.4 is 5.32 Å². The number of hydrogen-bond acceptors (Lipinski definition) is 3. The van der Waals surface area contributed by atoms with Crippen molar-refractivity contribution in [2.24, 2.45) is 11.8 Å². The minimum atomic E-state index is 0.336. The Morgan fingerprint density at radius 2 is 2.00 bits per heavy atom. The molecule has 0 spiro atoms. The van der Waals surface area contributed by atoms with E-state index in [4.69, 9.17) is 4.74 Å². The van der Waals surface area contributed by atoms with Gasteiger partial charge >= 0.3 is 0 Å². The maximum absolute atomic E-state index is 5.82. The smallest absolute Gasteiger partial charge is 0.0593 e. The first-order valence-electron chi connectivity index (χ1n) is 8.58. The van der Waals surface area contributed by atoms with Crippen molar-refractivity contribution >= 4 is 0 Å². The molecule has 3 heteroatoms. The van der Waals surface area contributed by atoms with Crippen molar-refractivity contribution in [1.29, 1.82) is 0 Å². The average molecular weight is 282 g/mol. The zero-order chi connectivity index (χ0) is 14.6. The summed E-state index contributed by atoms with van der Waals surface area (Å²) in [4.78, 5) is 2.65. The van der Waals surface area contributed by atoms with Gasteiger partial charge in [0.25, 0.3) is 0 Å². The molecular weight excluding hydrogens is 248 g/mol. The second-order valence-electron chi connectivity index (χ2n) is 7.52. The molecule has 2 fully saturated rings. The minimum Gasteiger partial charge on any atom is -0.380 e. The van der Waals surface area contributed by atoms with Crippen LogP contribution in [-0.2, 0) is 4.74 Å². The lowest BCUT2D eigenvalue weighted by atomic mass is 9.95. The van der Waals surface area contributed by atoms with E-state index in [1.807, 2.05) is 0 Å². The molecule has 1 saturated heterocycles. The Labute approximate surface area is 125 Å². The van der Waals surface area contributed by atoms with Crippen LogP contribution >= 0.6 is 0 Å². The molecule has 2 rings (SSSR count). The van der Waals surface area contributed by atoms with Gasteiger partial charge in [0, 0.05) is 31.3 Å². The van der Waals surface area contributed by atoms with E-state index in [0.717, 1.165) is 31.6 Å². The molecule has 0 aromatic carbocycles. The third-order valence-electron chi connectivity index (χ3n) is 5.09. The van der Waals surface area contributed by atoms with Crippen molar-refractivity contribution in [2.75, 3.05) is 32.8 Å². The lowest BCUT2D eigenvalue weighted by Crippen LogP contribution is -2.52. The molecule has 2 unspecified atom stereocenters. The molecule has 0 radical (unpaired) electrons. The molecule has 0 aromatic heterocycles. The summed E-state index contributed by atoms with van der Waals surface area (Å²) in [6, 6.07) is 0.678.